The lowest BCUT2D eigenvalue weighted by Gasteiger charge is -2.27. The predicted octanol–water partition coefficient (Wildman–Crippen LogP) is 13.9. The highest BCUT2D eigenvalue weighted by molar-refractivity contribution is 6.06. The summed E-state index contributed by atoms with van der Waals surface area (Å²) in [7, 11) is 0. The van der Waals surface area contributed by atoms with E-state index in [4.69, 9.17) is 4.42 Å². The SMILES string of the molecule is CC1CC(c2ccc(N(c3ccc(-c4ccccc4)cc3)c3cccc(-c4ccc5oc6ccccc6c5c4)c3)cc2)=CC=C1c1ccccc1. The van der Waals surface area contributed by atoms with Crippen molar-refractivity contribution in [1.82, 2.24) is 0 Å². The molecule has 9 rings (SSSR count). The first-order chi connectivity index (χ1) is 25.2. The second-order valence-corrected chi connectivity index (χ2v) is 13.4. The van der Waals surface area contributed by atoms with Crippen LogP contribution in [0.25, 0.3) is 55.3 Å². The molecule has 1 aromatic heterocycles. The number of allylic oxidation sites excluding steroid dienone is 4. The summed E-state index contributed by atoms with van der Waals surface area (Å²) in [5, 5.41) is 2.27. The summed E-state index contributed by atoms with van der Waals surface area (Å²) in [5.41, 5.74) is 15.2. The molecule has 0 bridgehead atoms. The van der Waals surface area contributed by atoms with Gasteiger partial charge >= 0.3 is 0 Å². The van der Waals surface area contributed by atoms with Gasteiger partial charge < -0.3 is 9.32 Å². The van der Waals surface area contributed by atoms with Crippen LogP contribution < -0.4 is 4.90 Å². The molecule has 0 saturated heterocycles. The van der Waals surface area contributed by atoms with Crippen LogP contribution in [0.4, 0.5) is 17.1 Å². The quantitative estimate of drug-likeness (QED) is 0.170. The molecule has 1 aliphatic rings. The van der Waals surface area contributed by atoms with Crippen LogP contribution in [0, 0.1) is 5.92 Å². The minimum atomic E-state index is 0.453. The summed E-state index contributed by atoms with van der Waals surface area (Å²) < 4.78 is 6.13. The van der Waals surface area contributed by atoms with Crippen LogP contribution >= 0.6 is 0 Å². The van der Waals surface area contributed by atoms with Crippen LogP contribution in [0.2, 0.25) is 0 Å². The number of nitrogens with zero attached hydrogens (tertiary/aromatic N) is 1. The predicted molar refractivity (Wildman–Crippen MR) is 215 cm³/mol. The Morgan fingerprint density at radius 1 is 0.431 bits per heavy atom. The summed E-state index contributed by atoms with van der Waals surface area (Å²) in [6.07, 6.45) is 5.63. The fraction of sp³-hybridized carbons (Fsp3) is 0.0612. The van der Waals surface area contributed by atoms with Gasteiger partial charge in [0.15, 0.2) is 0 Å². The first kappa shape index (κ1) is 30.7. The summed E-state index contributed by atoms with van der Waals surface area (Å²) in [5.74, 6) is 0.453. The Hall–Kier alpha value is -6.38. The molecule has 1 heterocycles. The van der Waals surface area contributed by atoms with Crippen molar-refractivity contribution < 1.29 is 4.42 Å². The number of hydrogen-bond acceptors (Lipinski definition) is 2. The van der Waals surface area contributed by atoms with Crippen LogP contribution in [-0.2, 0) is 0 Å². The van der Waals surface area contributed by atoms with E-state index >= 15 is 0 Å². The van der Waals surface area contributed by atoms with Gasteiger partial charge in [0, 0.05) is 27.8 Å². The van der Waals surface area contributed by atoms with E-state index in [0.717, 1.165) is 56.5 Å². The first-order valence-corrected chi connectivity index (χ1v) is 17.7. The summed E-state index contributed by atoms with van der Waals surface area (Å²) >= 11 is 0. The lowest BCUT2D eigenvalue weighted by atomic mass is 9.82. The summed E-state index contributed by atoms with van der Waals surface area (Å²) in [4.78, 5) is 2.36. The molecule has 0 radical (unpaired) electrons. The molecule has 1 aliphatic carbocycles. The van der Waals surface area contributed by atoms with Crippen molar-refractivity contribution in [2.75, 3.05) is 4.90 Å². The molecule has 51 heavy (non-hydrogen) atoms. The average molecular weight is 656 g/mol. The molecular weight excluding hydrogens is 619 g/mol. The normalized spacial score (nSPS) is 14.3. The smallest absolute Gasteiger partial charge is 0.135 e. The maximum atomic E-state index is 6.13. The number of benzene rings is 7. The third kappa shape index (κ3) is 5.96. The minimum Gasteiger partial charge on any atom is -0.456 e. The van der Waals surface area contributed by atoms with Gasteiger partial charge in [-0.15, -0.1) is 0 Å². The molecule has 0 N–H and O–H groups in total. The van der Waals surface area contributed by atoms with Crippen molar-refractivity contribution in [3.05, 3.63) is 199 Å². The summed E-state index contributed by atoms with van der Waals surface area (Å²) in [6.45, 7) is 2.33. The summed E-state index contributed by atoms with van der Waals surface area (Å²) in [6, 6.07) is 62.9. The molecule has 0 spiro atoms. The maximum absolute atomic E-state index is 6.13. The fourth-order valence-electron chi connectivity index (χ4n) is 7.52. The van der Waals surface area contributed by atoms with E-state index < -0.39 is 0 Å². The first-order valence-electron chi connectivity index (χ1n) is 17.7. The van der Waals surface area contributed by atoms with Gasteiger partial charge in [0.05, 0.1) is 0 Å². The third-order valence-electron chi connectivity index (χ3n) is 10.2. The van der Waals surface area contributed by atoms with Gasteiger partial charge in [0.2, 0.25) is 0 Å². The topological polar surface area (TPSA) is 16.4 Å². The molecule has 2 heteroatoms. The van der Waals surface area contributed by atoms with Crippen molar-refractivity contribution in [2.24, 2.45) is 5.92 Å². The van der Waals surface area contributed by atoms with Crippen LogP contribution in [0.3, 0.4) is 0 Å². The molecule has 0 saturated carbocycles. The monoisotopic (exact) mass is 655 g/mol. The molecule has 0 amide bonds. The lowest BCUT2D eigenvalue weighted by molar-refractivity contribution is 0.669. The maximum Gasteiger partial charge on any atom is 0.135 e. The Morgan fingerprint density at radius 3 is 1.73 bits per heavy atom. The van der Waals surface area contributed by atoms with Crippen molar-refractivity contribution >= 4 is 50.1 Å². The molecule has 2 nitrogen and oxygen atoms in total. The second-order valence-electron chi connectivity index (χ2n) is 13.4. The highest BCUT2D eigenvalue weighted by atomic mass is 16.3. The molecule has 1 unspecified atom stereocenters. The molecule has 8 aromatic rings. The molecular formula is C49H37NO. The van der Waals surface area contributed by atoms with Crippen molar-refractivity contribution in [3.63, 3.8) is 0 Å². The Balaban J connectivity index is 1.09. The molecule has 7 aromatic carbocycles. The van der Waals surface area contributed by atoms with Crippen LogP contribution in [0.15, 0.2) is 192 Å². The standard InChI is InChI=1S/C49H37NO/c1-34-31-40(23-29-45(34)38-13-6-3-7-14-38)37-21-27-43(28-22-37)50(42-25-19-36(20-26-42)35-11-4-2-5-12-35)44-16-10-15-39(32-44)41-24-30-49-47(33-41)46-17-8-9-18-48(46)51-49/h2-30,32-34H,31H2,1H3. The number of hydrogen-bond donors (Lipinski definition) is 0. The van der Waals surface area contributed by atoms with Crippen molar-refractivity contribution in [3.8, 4) is 22.3 Å². The minimum absolute atomic E-state index is 0.453. The zero-order chi connectivity index (χ0) is 34.1. The van der Waals surface area contributed by atoms with Gasteiger partial charge in [0.1, 0.15) is 11.2 Å². The number of fused-ring (bicyclic) bond motifs is 3. The van der Waals surface area contributed by atoms with Gasteiger partial charge in [-0.1, -0.05) is 140 Å². The van der Waals surface area contributed by atoms with Gasteiger partial charge in [-0.3, -0.25) is 0 Å². The van der Waals surface area contributed by atoms with Crippen LogP contribution in [0.5, 0.6) is 0 Å². The third-order valence-corrected chi connectivity index (χ3v) is 10.2. The Kier molecular flexibility index (Phi) is 7.91. The molecule has 244 valence electrons. The van der Waals surface area contributed by atoms with E-state index in [1.54, 1.807) is 0 Å². The fourth-order valence-corrected chi connectivity index (χ4v) is 7.52. The highest BCUT2D eigenvalue weighted by Crippen LogP contribution is 2.41. The molecule has 0 fully saturated rings. The van der Waals surface area contributed by atoms with E-state index in [0.29, 0.717) is 5.92 Å². The highest BCUT2D eigenvalue weighted by Gasteiger charge is 2.19. The number of para-hydroxylation sites is 1. The van der Waals surface area contributed by atoms with Crippen LogP contribution in [0.1, 0.15) is 24.5 Å². The van der Waals surface area contributed by atoms with E-state index in [1.165, 1.54) is 33.4 Å². The Labute approximate surface area is 299 Å². The molecule has 1 atom stereocenters. The lowest BCUT2D eigenvalue weighted by Crippen LogP contribution is -2.10. The number of anilines is 3. The molecule has 0 aliphatic heterocycles. The number of furan rings is 1. The van der Waals surface area contributed by atoms with Gasteiger partial charge in [-0.25, -0.2) is 0 Å². The Bertz CT molecular complexity index is 2540. The van der Waals surface area contributed by atoms with E-state index in [1.807, 2.05) is 12.1 Å². The van der Waals surface area contributed by atoms with Crippen molar-refractivity contribution in [1.29, 1.82) is 0 Å². The van der Waals surface area contributed by atoms with Crippen LogP contribution in [-0.4, -0.2) is 0 Å². The largest absolute Gasteiger partial charge is 0.456 e. The van der Waals surface area contributed by atoms with E-state index in [9.17, 15) is 0 Å². The van der Waals surface area contributed by atoms with Gasteiger partial charge in [-0.2, -0.15) is 0 Å². The second kappa shape index (κ2) is 13.2. The van der Waals surface area contributed by atoms with Gasteiger partial charge in [0.25, 0.3) is 0 Å². The van der Waals surface area contributed by atoms with E-state index in [-0.39, 0.29) is 0 Å². The van der Waals surface area contributed by atoms with Crippen molar-refractivity contribution in [2.45, 2.75) is 13.3 Å². The van der Waals surface area contributed by atoms with E-state index in [2.05, 4.69) is 188 Å². The average Bonchev–Trinajstić information content (AvgIpc) is 3.57. The number of rotatable bonds is 7. The zero-order valence-corrected chi connectivity index (χ0v) is 28.5. The van der Waals surface area contributed by atoms with Gasteiger partial charge in [-0.05, 0) is 111 Å². The Morgan fingerprint density at radius 2 is 1.00 bits per heavy atom. The zero-order valence-electron chi connectivity index (χ0n) is 28.5.